The van der Waals surface area contributed by atoms with Crippen LogP contribution in [0.5, 0.6) is 5.75 Å². The van der Waals surface area contributed by atoms with E-state index < -0.39 is 0 Å². The van der Waals surface area contributed by atoms with Crippen molar-refractivity contribution in [2.24, 2.45) is 0 Å². The van der Waals surface area contributed by atoms with Crippen LogP contribution >= 0.6 is 11.6 Å². The third-order valence-electron chi connectivity index (χ3n) is 2.50. The zero-order valence-corrected chi connectivity index (χ0v) is 10.5. The topological polar surface area (TPSA) is 32.7 Å². The Labute approximate surface area is 102 Å². The number of benzene rings is 1. The van der Waals surface area contributed by atoms with Gasteiger partial charge in [0.2, 0.25) is 0 Å². The van der Waals surface area contributed by atoms with Gasteiger partial charge >= 0.3 is 0 Å². The average molecular weight is 244 g/mol. The van der Waals surface area contributed by atoms with Gasteiger partial charge in [0.1, 0.15) is 5.75 Å². The van der Waals surface area contributed by atoms with Crippen molar-refractivity contribution in [2.75, 3.05) is 33.9 Å². The smallest absolute Gasteiger partial charge is 0.120 e. The molecule has 1 rings (SSSR count). The molecular formula is C12H18ClNO2. The van der Waals surface area contributed by atoms with E-state index in [0.29, 0.717) is 6.54 Å². The van der Waals surface area contributed by atoms with Crippen LogP contribution in [-0.2, 0) is 6.42 Å². The summed E-state index contributed by atoms with van der Waals surface area (Å²) in [4.78, 5) is 2.07. The molecule has 0 heterocycles. The summed E-state index contributed by atoms with van der Waals surface area (Å²) >= 11 is 6.12. The Bertz CT molecular complexity index is 331. The lowest BCUT2D eigenvalue weighted by atomic mass is 10.1. The van der Waals surface area contributed by atoms with Crippen molar-refractivity contribution in [1.29, 1.82) is 0 Å². The van der Waals surface area contributed by atoms with Gasteiger partial charge in [0, 0.05) is 18.1 Å². The van der Waals surface area contributed by atoms with Gasteiger partial charge in [-0.15, -0.1) is 0 Å². The summed E-state index contributed by atoms with van der Waals surface area (Å²) in [6.45, 7) is 1.76. The first-order valence-corrected chi connectivity index (χ1v) is 5.67. The van der Waals surface area contributed by atoms with Crippen molar-refractivity contribution in [3.63, 3.8) is 0 Å². The summed E-state index contributed by atoms with van der Waals surface area (Å²) < 4.78 is 5.09. The standard InChI is InChI=1S/C12H18ClNO2/c1-14(7-8-15)6-5-10-3-4-11(16-2)9-12(10)13/h3-4,9,15H,5-8H2,1-2H3. The van der Waals surface area contributed by atoms with Crippen LogP contribution in [0.3, 0.4) is 0 Å². The highest BCUT2D eigenvalue weighted by atomic mass is 35.5. The molecule has 0 bridgehead atoms. The Morgan fingerprint density at radius 2 is 2.12 bits per heavy atom. The van der Waals surface area contributed by atoms with E-state index in [0.717, 1.165) is 29.3 Å². The normalized spacial score (nSPS) is 10.8. The number of aliphatic hydroxyl groups is 1. The van der Waals surface area contributed by atoms with Crippen LogP contribution in [0, 0.1) is 0 Å². The number of methoxy groups -OCH3 is 1. The second-order valence-electron chi connectivity index (χ2n) is 3.73. The molecule has 0 spiro atoms. The fourth-order valence-corrected chi connectivity index (χ4v) is 1.72. The molecule has 1 aromatic carbocycles. The molecule has 0 atom stereocenters. The first-order chi connectivity index (χ1) is 7.67. The molecule has 0 saturated carbocycles. The largest absolute Gasteiger partial charge is 0.497 e. The van der Waals surface area contributed by atoms with Crippen LogP contribution in [0.4, 0.5) is 0 Å². The number of aliphatic hydroxyl groups excluding tert-OH is 1. The van der Waals surface area contributed by atoms with Crippen molar-refractivity contribution < 1.29 is 9.84 Å². The minimum atomic E-state index is 0.187. The zero-order valence-electron chi connectivity index (χ0n) is 9.74. The molecule has 0 radical (unpaired) electrons. The summed E-state index contributed by atoms with van der Waals surface area (Å²) in [7, 11) is 3.61. The van der Waals surface area contributed by atoms with Crippen molar-refractivity contribution in [2.45, 2.75) is 6.42 Å². The van der Waals surface area contributed by atoms with Crippen molar-refractivity contribution >= 4 is 11.6 Å². The molecule has 0 aliphatic rings. The van der Waals surface area contributed by atoms with Crippen LogP contribution in [0.15, 0.2) is 18.2 Å². The Morgan fingerprint density at radius 1 is 1.38 bits per heavy atom. The van der Waals surface area contributed by atoms with Crippen molar-refractivity contribution in [1.82, 2.24) is 4.90 Å². The van der Waals surface area contributed by atoms with Crippen molar-refractivity contribution in [3.05, 3.63) is 28.8 Å². The van der Waals surface area contributed by atoms with Crippen LogP contribution < -0.4 is 4.74 Å². The van der Waals surface area contributed by atoms with E-state index in [2.05, 4.69) is 4.90 Å². The second kappa shape index (κ2) is 6.74. The van der Waals surface area contributed by atoms with Gasteiger partial charge in [0.05, 0.1) is 13.7 Å². The zero-order chi connectivity index (χ0) is 12.0. The van der Waals surface area contributed by atoms with Crippen LogP contribution in [-0.4, -0.2) is 43.9 Å². The number of hydrogen-bond acceptors (Lipinski definition) is 3. The van der Waals surface area contributed by atoms with Gasteiger partial charge in [-0.05, 0) is 31.2 Å². The van der Waals surface area contributed by atoms with Crippen LogP contribution in [0.1, 0.15) is 5.56 Å². The molecule has 0 fully saturated rings. The molecule has 0 unspecified atom stereocenters. The van der Waals surface area contributed by atoms with E-state index in [-0.39, 0.29) is 6.61 Å². The molecule has 4 heteroatoms. The quantitative estimate of drug-likeness (QED) is 0.827. The molecule has 0 saturated heterocycles. The second-order valence-corrected chi connectivity index (χ2v) is 4.14. The number of ether oxygens (including phenoxy) is 1. The molecule has 0 aromatic heterocycles. The van der Waals surface area contributed by atoms with E-state index in [9.17, 15) is 0 Å². The number of halogens is 1. The SMILES string of the molecule is COc1ccc(CCN(C)CCO)c(Cl)c1. The van der Waals surface area contributed by atoms with Gasteiger partial charge in [0.15, 0.2) is 0 Å². The summed E-state index contributed by atoms with van der Waals surface area (Å²) in [5, 5.41) is 9.51. The molecule has 3 nitrogen and oxygen atoms in total. The Hall–Kier alpha value is -0.770. The maximum absolute atomic E-state index is 8.77. The molecule has 0 amide bonds. The summed E-state index contributed by atoms with van der Waals surface area (Å²) in [6.07, 6.45) is 0.874. The predicted octanol–water partition coefficient (Wildman–Crippen LogP) is 1.82. The van der Waals surface area contributed by atoms with Gasteiger partial charge in [-0.25, -0.2) is 0 Å². The fourth-order valence-electron chi connectivity index (χ4n) is 1.45. The number of likely N-dealkylation sites (N-methyl/N-ethyl adjacent to an activating group) is 1. The minimum absolute atomic E-state index is 0.187. The Kier molecular flexibility index (Phi) is 5.60. The van der Waals surface area contributed by atoms with Gasteiger partial charge in [0.25, 0.3) is 0 Å². The molecular weight excluding hydrogens is 226 g/mol. The fraction of sp³-hybridized carbons (Fsp3) is 0.500. The molecule has 1 aromatic rings. The third kappa shape index (κ3) is 4.00. The Balaban J connectivity index is 2.54. The lowest BCUT2D eigenvalue weighted by Gasteiger charge is -2.15. The van der Waals surface area contributed by atoms with Gasteiger partial charge in [-0.1, -0.05) is 17.7 Å². The Morgan fingerprint density at radius 3 is 2.69 bits per heavy atom. The maximum atomic E-state index is 8.77. The van der Waals surface area contributed by atoms with E-state index >= 15 is 0 Å². The number of nitrogens with zero attached hydrogens (tertiary/aromatic N) is 1. The van der Waals surface area contributed by atoms with Crippen LogP contribution in [0.25, 0.3) is 0 Å². The van der Waals surface area contributed by atoms with E-state index in [4.69, 9.17) is 21.4 Å². The van der Waals surface area contributed by atoms with Crippen LogP contribution in [0.2, 0.25) is 5.02 Å². The lowest BCUT2D eigenvalue weighted by Crippen LogP contribution is -2.24. The minimum Gasteiger partial charge on any atom is -0.497 e. The monoisotopic (exact) mass is 243 g/mol. The number of hydrogen-bond donors (Lipinski definition) is 1. The van der Waals surface area contributed by atoms with Crippen molar-refractivity contribution in [3.8, 4) is 5.75 Å². The van der Waals surface area contributed by atoms with Gasteiger partial charge in [-0.3, -0.25) is 0 Å². The van der Waals surface area contributed by atoms with Gasteiger partial charge in [-0.2, -0.15) is 0 Å². The number of rotatable bonds is 6. The van der Waals surface area contributed by atoms with E-state index in [1.807, 2.05) is 25.2 Å². The average Bonchev–Trinajstić information content (AvgIpc) is 2.27. The predicted molar refractivity (Wildman–Crippen MR) is 66.3 cm³/mol. The molecule has 90 valence electrons. The molecule has 1 N–H and O–H groups in total. The lowest BCUT2D eigenvalue weighted by molar-refractivity contribution is 0.223. The first-order valence-electron chi connectivity index (χ1n) is 5.29. The first kappa shape index (κ1) is 13.3. The molecule has 0 aliphatic carbocycles. The third-order valence-corrected chi connectivity index (χ3v) is 2.86. The van der Waals surface area contributed by atoms with E-state index in [1.54, 1.807) is 7.11 Å². The highest BCUT2D eigenvalue weighted by Crippen LogP contribution is 2.22. The highest BCUT2D eigenvalue weighted by Gasteiger charge is 2.04. The molecule has 0 aliphatic heterocycles. The maximum Gasteiger partial charge on any atom is 0.120 e. The summed E-state index contributed by atoms with van der Waals surface area (Å²) in [5.41, 5.74) is 1.10. The van der Waals surface area contributed by atoms with E-state index in [1.165, 1.54) is 0 Å². The molecule has 16 heavy (non-hydrogen) atoms. The summed E-state index contributed by atoms with van der Waals surface area (Å²) in [5.74, 6) is 0.775. The summed E-state index contributed by atoms with van der Waals surface area (Å²) in [6, 6.07) is 5.71. The highest BCUT2D eigenvalue weighted by molar-refractivity contribution is 6.31. The van der Waals surface area contributed by atoms with Gasteiger partial charge < -0.3 is 14.7 Å².